The number of tetrazole rings is 1. The van der Waals surface area contributed by atoms with Crippen molar-refractivity contribution in [3.8, 4) is 0 Å². The van der Waals surface area contributed by atoms with Crippen LogP contribution >= 0.6 is 0 Å². The molecule has 1 aliphatic carbocycles. The Kier molecular flexibility index (Phi) is 6.29. The van der Waals surface area contributed by atoms with Gasteiger partial charge in [0, 0.05) is 34.6 Å². The number of aromatic nitrogens is 4. The highest BCUT2D eigenvalue weighted by Crippen LogP contribution is 2.37. The summed E-state index contributed by atoms with van der Waals surface area (Å²) in [4.78, 5) is 25.7. The number of aromatic amines is 1. The Morgan fingerprint density at radius 2 is 1.61 bits per heavy atom. The van der Waals surface area contributed by atoms with Crippen molar-refractivity contribution >= 4 is 11.6 Å². The number of Topliss-reactive ketones (excluding diaryl/α,β-unsaturated/α-hetero) is 2. The van der Waals surface area contributed by atoms with Gasteiger partial charge in [-0.1, -0.05) is 48.4 Å². The summed E-state index contributed by atoms with van der Waals surface area (Å²) in [5.74, 6) is 0.661. The number of nitrogens with zero attached hydrogens (tertiary/aromatic N) is 3. The van der Waals surface area contributed by atoms with Crippen LogP contribution in [-0.2, 0) is 16.0 Å². The fourth-order valence-electron chi connectivity index (χ4n) is 3.80. The first-order chi connectivity index (χ1) is 13.5. The number of carbonyl (C=O) groups is 2. The predicted molar refractivity (Wildman–Crippen MR) is 107 cm³/mol. The zero-order chi connectivity index (χ0) is 20.1. The lowest BCUT2D eigenvalue weighted by molar-refractivity contribution is -0.116. The van der Waals surface area contributed by atoms with Gasteiger partial charge in [-0.3, -0.25) is 9.59 Å². The van der Waals surface area contributed by atoms with Crippen LogP contribution in [0.2, 0.25) is 0 Å². The number of aryl methyl sites for hydroxylation is 1. The number of carbonyl (C=O) groups excluding carboxylic acids is 2. The third-order valence-electron chi connectivity index (χ3n) is 5.57. The Labute approximate surface area is 165 Å². The van der Waals surface area contributed by atoms with E-state index in [2.05, 4.69) is 20.6 Å². The number of nitrogens with one attached hydrogen (secondary N) is 1. The Morgan fingerprint density at radius 3 is 2.29 bits per heavy atom. The van der Waals surface area contributed by atoms with Gasteiger partial charge in [-0.15, -0.1) is 10.2 Å². The molecule has 0 amide bonds. The highest BCUT2D eigenvalue weighted by molar-refractivity contribution is 6.25. The molecule has 0 bridgehead atoms. The van der Waals surface area contributed by atoms with Gasteiger partial charge in [0.2, 0.25) is 0 Å². The lowest BCUT2D eigenvalue weighted by Crippen LogP contribution is -2.24. The largest absolute Gasteiger partial charge is 0.289 e. The minimum Gasteiger partial charge on any atom is -0.289 e. The maximum atomic E-state index is 13.1. The molecule has 3 rings (SSSR count). The molecule has 1 N–H and O–H groups in total. The summed E-state index contributed by atoms with van der Waals surface area (Å²) in [5.41, 5.74) is 3.48. The number of unbranched alkanes of at least 4 members (excludes halogenated alkanes) is 2. The first kappa shape index (κ1) is 19.9. The van der Waals surface area contributed by atoms with Crippen LogP contribution in [0.25, 0.3) is 0 Å². The molecule has 2 aromatic rings. The van der Waals surface area contributed by atoms with E-state index < -0.39 is 0 Å². The Morgan fingerprint density at radius 1 is 0.893 bits per heavy atom. The van der Waals surface area contributed by atoms with Gasteiger partial charge in [0.05, 0.1) is 0 Å². The van der Waals surface area contributed by atoms with Gasteiger partial charge in [-0.2, -0.15) is 5.21 Å². The molecular weight excluding hydrogens is 352 g/mol. The van der Waals surface area contributed by atoms with E-state index in [-0.39, 0.29) is 17.5 Å². The first-order valence-corrected chi connectivity index (χ1v) is 9.75. The Hall–Kier alpha value is -2.89. The van der Waals surface area contributed by atoms with Gasteiger partial charge >= 0.3 is 0 Å². The van der Waals surface area contributed by atoms with Crippen molar-refractivity contribution in [1.29, 1.82) is 0 Å². The van der Waals surface area contributed by atoms with E-state index in [9.17, 15) is 9.59 Å². The summed E-state index contributed by atoms with van der Waals surface area (Å²) in [6, 6.07) is 10.0. The van der Waals surface area contributed by atoms with E-state index in [0.29, 0.717) is 22.3 Å². The van der Waals surface area contributed by atoms with Crippen LogP contribution in [0.5, 0.6) is 0 Å². The molecule has 28 heavy (non-hydrogen) atoms. The van der Waals surface area contributed by atoms with Gasteiger partial charge in [0.1, 0.15) is 0 Å². The summed E-state index contributed by atoms with van der Waals surface area (Å²) in [5, 5.41) is 14.0. The van der Waals surface area contributed by atoms with Crippen molar-refractivity contribution in [2.45, 2.75) is 58.8 Å². The molecule has 0 aliphatic heterocycles. The molecule has 1 aromatic carbocycles. The SMILES string of the molecule is CC1=C(C)C(=O)C(C(CCCCCc2nn[nH]n2)c2ccccc2)=C(C)C1=O. The van der Waals surface area contributed by atoms with Crippen molar-refractivity contribution in [2.75, 3.05) is 0 Å². The third-order valence-corrected chi connectivity index (χ3v) is 5.57. The van der Waals surface area contributed by atoms with Gasteiger partial charge in [0.25, 0.3) is 0 Å². The molecule has 146 valence electrons. The second kappa shape index (κ2) is 8.87. The lowest BCUT2D eigenvalue weighted by Gasteiger charge is -2.26. The van der Waals surface area contributed by atoms with E-state index in [1.165, 1.54) is 0 Å². The molecule has 0 fully saturated rings. The number of allylic oxidation sites excluding steroid dienone is 4. The molecular formula is C22H26N4O2. The second-order valence-electron chi connectivity index (χ2n) is 7.34. The monoisotopic (exact) mass is 378 g/mol. The molecule has 1 unspecified atom stereocenters. The van der Waals surface area contributed by atoms with Crippen molar-refractivity contribution in [1.82, 2.24) is 20.6 Å². The Balaban J connectivity index is 1.76. The highest BCUT2D eigenvalue weighted by atomic mass is 16.1. The van der Waals surface area contributed by atoms with Crippen molar-refractivity contribution in [3.63, 3.8) is 0 Å². The lowest BCUT2D eigenvalue weighted by atomic mass is 9.76. The Bertz CT molecular complexity index is 911. The molecule has 0 radical (unpaired) electrons. The summed E-state index contributed by atoms with van der Waals surface area (Å²) < 4.78 is 0. The average Bonchev–Trinajstić information content (AvgIpc) is 3.23. The quantitative estimate of drug-likeness (QED) is 0.556. The van der Waals surface area contributed by atoms with Crippen molar-refractivity contribution in [3.05, 3.63) is 64.0 Å². The van der Waals surface area contributed by atoms with Crippen molar-refractivity contribution < 1.29 is 9.59 Å². The van der Waals surface area contributed by atoms with Crippen LogP contribution in [-0.4, -0.2) is 32.2 Å². The number of ketones is 2. The number of hydrogen-bond donors (Lipinski definition) is 1. The zero-order valence-electron chi connectivity index (χ0n) is 16.7. The summed E-state index contributed by atoms with van der Waals surface area (Å²) >= 11 is 0. The normalized spacial score (nSPS) is 16.1. The molecule has 0 saturated heterocycles. The highest BCUT2D eigenvalue weighted by Gasteiger charge is 2.33. The minimum atomic E-state index is -0.0640. The molecule has 0 spiro atoms. The fraction of sp³-hybridized carbons (Fsp3) is 0.409. The smallest absolute Gasteiger partial charge is 0.186 e. The van der Waals surface area contributed by atoms with Crippen LogP contribution < -0.4 is 0 Å². The maximum absolute atomic E-state index is 13.1. The molecule has 0 saturated carbocycles. The van der Waals surface area contributed by atoms with Crippen LogP contribution in [0.4, 0.5) is 0 Å². The topological polar surface area (TPSA) is 88.6 Å². The van der Waals surface area contributed by atoms with Crippen LogP contribution in [0.15, 0.2) is 52.6 Å². The van der Waals surface area contributed by atoms with Gasteiger partial charge in [0.15, 0.2) is 17.4 Å². The fourth-order valence-corrected chi connectivity index (χ4v) is 3.80. The summed E-state index contributed by atoms with van der Waals surface area (Å²) in [6.07, 6.45) is 4.53. The van der Waals surface area contributed by atoms with Gasteiger partial charge < -0.3 is 0 Å². The van der Waals surface area contributed by atoms with Crippen LogP contribution in [0.3, 0.4) is 0 Å². The molecule has 1 aliphatic rings. The number of rotatable bonds is 8. The average molecular weight is 378 g/mol. The number of benzene rings is 1. The van der Waals surface area contributed by atoms with Gasteiger partial charge in [-0.05, 0) is 39.2 Å². The number of H-pyrrole nitrogens is 1. The minimum absolute atomic E-state index is 0.00913. The predicted octanol–water partition coefficient (Wildman–Crippen LogP) is 3.89. The number of hydrogen-bond acceptors (Lipinski definition) is 5. The summed E-state index contributed by atoms with van der Waals surface area (Å²) in [6.45, 7) is 5.29. The maximum Gasteiger partial charge on any atom is 0.186 e. The molecule has 1 heterocycles. The zero-order valence-corrected chi connectivity index (χ0v) is 16.7. The molecule has 6 heteroatoms. The van der Waals surface area contributed by atoms with Gasteiger partial charge in [-0.25, -0.2) is 0 Å². The summed E-state index contributed by atoms with van der Waals surface area (Å²) in [7, 11) is 0. The second-order valence-corrected chi connectivity index (χ2v) is 7.34. The standard InChI is InChI=1S/C22H26N4O2/c1-14-15(2)22(28)20(16(3)21(14)27)18(17-10-6-4-7-11-17)12-8-5-9-13-19-23-25-26-24-19/h4,6-7,10-11,18H,5,8-9,12-13H2,1-3H3,(H,23,24,25,26). The molecule has 1 atom stereocenters. The molecule has 6 nitrogen and oxygen atoms in total. The first-order valence-electron chi connectivity index (χ1n) is 9.75. The van der Waals surface area contributed by atoms with Crippen LogP contribution in [0, 0.1) is 0 Å². The van der Waals surface area contributed by atoms with Crippen molar-refractivity contribution in [2.24, 2.45) is 0 Å². The van der Waals surface area contributed by atoms with Crippen LogP contribution in [0.1, 0.15) is 63.8 Å². The third kappa shape index (κ3) is 4.16. The molecule has 1 aromatic heterocycles. The van der Waals surface area contributed by atoms with E-state index >= 15 is 0 Å². The van der Waals surface area contributed by atoms with E-state index in [4.69, 9.17) is 0 Å². The van der Waals surface area contributed by atoms with E-state index in [1.54, 1.807) is 20.8 Å². The van der Waals surface area contributed by atoms with E-state index in [0.717, 1.165) is 43.5 Å². The van der Waals surface area contributed by atoms with E-state index in [1.807, 2.05) is 30.3 Å².